The number of likely N-dealkylation sites (tertiary alicyclic amines) is 1. The second-order valence-corrected chi connectivity index (χ2v) is 5.81. The van der Waals surface area contributed by atoms with Crippen LogP contribution in [0, 0.1) is 0 Å². The van der Waals surface area contributed by atoms with E-state index >= 15 is 0 Å². The SMILES string of the molecule is CNC1CCN(C(=O)c2cn(-c3ccc(C(F)(F)F)cn3)nn2)CC1.Cl.Cl. The lowest BCUT2D eigenvalue weighted by atomic mass is 10.1. The summed E-state index contributed by atoms with van der Waals surface area (Å²) in [5.74, 6) is -0.0823. The van der Waals surface area contributed by atoms with Gasteiger partial charge >= 0.3 is 6.18 Å². The molecule has 0 unspecified atom stereocenters. The zero-order valence-corrected chi connectivity index (χ0v) is 15.9. The third-order valence-electron chi connectivity index (χ3n) is 4.21. The standard InChI is InChI=1S/C15H17F3N6O.2ClH/c1-19-11-4-6-23(7-5-11)14(25)12-9-24(22-21-12)13-3-2-10(8-20-13)15(16,17)18;;/h2-3,8-9,11,19H,4-7H2,1H3;2*1H. The Bertz CT molecular complexity index is 745. The zero-order valence-electron chi connectivity index (χ0n) is 14.3. The normalized spacial score (nSPS) is 15.0. The van der Waals surface area contributed by atoms with Crippen molar-refractivity contribution in [3.05, 3.63) is 35.8 Å². The van der Waals surface area contributed by atoms with Gasteiger partial charge in [-0.05, 0) is 32.0 Å². The quantitative estimate of drug-likeness (QED) is 0.814. The minimum absolute atomic E-state index is 0. The summed E-state index contributed by atoms with van der Waals surface area (Å²) in [6.07, 6.45) is -0.634. The Labute approximate surface area is 166 Å². The van der Waals surface area contributed by atoms with Gasteiger partial charge in [-0.25, -0.2) is 9.67 Å². The fourth-order valence-electron chi connectivity index (χ4n) is 2.70. The molecule has 150 valence electrons. The largest absolute Gasteiger partial charge is 0.417 e. The van der Waals surface area contributed by atoms with E-state index in [0.717, 1.165) is 25.1 Å². The average Bonchev–Trinajstić information content (AvgIpc) is 3.10. The number of nitrogens with one attached hydrogen (secondary N) is 1. The molecule has 3 rings (SSSR count). The summed E-state index contributed by atoms with van der Waals surface area (Å²) < 4.78 is 38.9. The highest BCUT2D eigenvalue weighted by atomic mass is 35.5. The number of rotatable bonds is 3. The second kappa shape index (κ2) is 9.34. The number of amides is 1. The summed E-state index contributed by atoms with van der Waals surface area (Å²) in [6.45, 7) is 1.24. The molecule has 0 saturated carbocycles. The van der Waals surface area contributed by atoms with Gasteiger partial charge in [0.15, 0.2) is 11.5 Å². The first-order valence-corrected chi connectivity index (χ1v) is 7.81. The Kier molecular flexibility index (Phi) is 8.00. The first-order chi connectivity index (χ1) is 11.9. The van der Waals surface area contributed by atoms with Gasteiger partial charge in [-0.2, -0.15) is 13.2 Å². The molecule has 1 amide bonds. The van der Waals surface area contributed by atoms with Crippen molar-refractivity contribution in [1.82, 2.24) is 30.2 Å². The molecule has 0 radical (unpaired) electrons. The minimum atomic E-state index is -4.45. The number of hydrogen-bond acceptors (Lipinski definition) is 5. The van der Waals surface area contributed by atoms with Crippen molar-refractivity contribution in [1.29, 1.82) is 0 Å². The molecule has 0 aliphatic carbocycles. The van der Waals surface area contributed by atoms with Crippen LogP contribution in [0.25, 0.3) is 5.82 Å². The molecule has 7 nitrogen and oxygen atoms in total. The summed E-state index contributed by atoms with van der Waals surface area (Å²) in [5.41, 5.74) is -0.704. The molecule has 0 aromatic carbocycles. The molecule has 1 N–H and O–H groups in total. The van der Waals surface area contributed by atoms with Crippen molar-refractivity contribution in [2.24, 2.45) is 0 Å². The Morgan fingerprint density at radius 3 is 2.41 bits per heavy atom. The maximum atomic E-state index is 12.6. The van der Waals surface area contributed by atoms with E-state index in [1.807, 2.05) is 7.05 Å². The topological polar surface area (TPSA) is 75.9 Å². The lowest BCUT2D eigenvalue weighted by Crippen LogP contribution is -2.44. The Morgan fingerprint density at radius 2 is 1.89 bits per heavy atom. The van der Waals surface area contributed by atoms with Gasteiger partial charge in [-0.15, -0.1) is 29.9 Å². The average molecular weight is 427 g/mol. The molecule has 0 spiro atoms. The third kappa shape index (κ3) is 5.30. The first kappa shape index (κ1) is 23.1. The fraction of sp³-hybridized carbons (Fsp3) is 0.467. The van der Waals surface area contributed by atoms with Gasteiger partial charge in [0, 0.05) is 25.3 Å². The minimum Gasteiger partial charge on any atom is -0.337 e. The fourth-order valence-corrected chi connectivity index (χ4v) is 2.70. The summed E-state index contributed by atoms with van der Waals surface area (Å²) in [5, 5.41) is 10.8. The van der Waals surface area contributed by atoms with Crippen molar-refractivity contribution >= 4 is 30.7 Å². The molecule has 3 heterocycles. The second-order valence-electron chi connectivity index (χ2n) is 5.81. The van der Waals surface area contributed by atoms with Gasteiger partial charge in [0.2, 0.25) is 0 Å². The molecule has 12 heteroatoms. The molecule has 1 aliphatic heterocycles. The molecule has 1 saturated heterocycles. The van der Waals surface area contributed by atoms with Crippen molar-refractivity contribution in [3.8, 4) is 5.82 Å². The van der Waals surface area contributed by atoms with Crippen LogP contribution in [0.2, 0.25) is 0 Å². The van der Waals surface area contributed by atoms with Crippen molar-refractivity contribution in [2.45, 2.75) is 25.1 Å². The molecule has 2 aromatic heterocycles. The van der Waals surface area contributed by atoms with Gasteiger partial charge in [0.1, 0.15) is 0 Å². The summed E-state index contributed by atoms with van der Waals surface area (Å²) in [7, 11) is 1.89. The van der Waals surface area contributed by atoms with Crippen LogP contribution in [0.4, 0.5) is 13.2 Å². The smallest absolute Gasteiger partial charge is 0.337 e. The van der Waals surface area contributed by atoms with Crippen LogP contribution in [0.1, 0.15) is 28.9 Å². The molecule has 0 atom stereocenters. The summed E-state index contributed by atoms with van der Waals surface area (Å²) in [4.78, 5) is 17.9. The highest BCUT2D eigenvalue weighted by Gasteiger charge is 2.31. The van der Waals surface area contributed by atoms with E-state index < -0.39 is 11.7 Å². The molecular formula is C15H19Cl2F3N6O. The maximum Gasteiger partial charge on any atom is 0.417 e. The van der Waals surface area contributed by atoms with Gasteiger partial charge in [-0.1, -0.05) is 5.21 Å². The summed E-state index contributed by atoms with van der Waals surface area (Å²) in [6, 6.07) is 2.49. The molecule has 1 fully saturated rings. The number of aromatic nitrogens is 4. The number of hydrogen-bond donors (Lipinski definition) is 1. The molecule has 27 heavy (non-hydrogen) atoms. The van der Waals surface area contributed by atoms with Crippen LogP contribution in [0.5, 0.6) is 0 Å². The number of piperidine rings is 1. The van der Waals surface area contributed by atoms with Crippen LogP contribution in [0.15, 0.2) is 24.5 Å². The van der Waals surface area contributed by atoms with Crippen LogP contribution >= 0.6 is 24.8 Å². The molecule has 1 aliphatic rings. The number of alkyl halides is 3. The van der Waals surface area contributed by atoms with E-state index in [2.05, 4.69) is 20.6 Å². The highest BCUT2D eigenvalue weighted by molar-refractivity contribution is 5.92. The van der Waals surface area contributed by atoms with Gasteiger partial charge in [0.25, 0.3) is 5.91 Å². The molecule has 2 aromatic rings. The van der Waals surface area contributed by atoms with E-state index in [1.165, 1.54) is 16.9 Å². The Balaban J connectivity index is 0.00000182. The van der Waals surface area contributed by atoms with Crippen molar-refractivity contribution < 1.29 is 18.0 Å². The van der Waals surface area contributed by atoms with Crippen molar-refractivity contribution in [3.63, 3.8) is 0 Å². The Hall–Kier alpha value is -1.91. The predicted molar refractivity (Wildman–Crippen MR) is 96.6 cm³/mol. The number of carbonyl (C=O) groups is 1. The van der Waals surface area contributed by atoms with E-state index in [4.69, 9.17) is 0 Å². The van der Waals surface area contributed by atoms with E-state index in [-0.39, 0.29) is 42.2 Å². The predicted octanol–water partition coefficient (Wildman–Crippen LogP) is 2.35. The first-order valence-electron chi connectivity index (χ1n) is 7.81. The van der Waals surface area contributed by atoms with Gasteiger partial charge < -0.3 is 10.2 Å². The van der Waals surface area contributed by atoms with Crippen LogP contribution < -0.4 is 5.32 Å². The molecular weight excluding hydrogens is 408 g/mol. The Morgan fingerprint density at radius 1 is 1.22 bits per heavy atom. The number of halogens is 5. The molecule has 0 bridgehead atoms. The maximum absolute atomic E-state index is 12.6. The van der Waals surface area contributed by atoms with E-state index in [0.29, 0.717) is 19.1 Å². The zero-order chi connectivity index (χ0) is 18.0. The van der Waals surface area contributed by atoms with Gasteiger partial charge in [0.05, 0.1) is 11.8 Å². The van der Waals surface area contributed by atoms with Crippen LogP contribution in [-0.2, 0) is 6.18 Å². The van der Waals surface area contributed by atoms with Crippen LogP contribution in [0.3, 0.4) is 0 Å². The monoisotopic (exact) mass is 426 g/mol. The van der Waals surface area contributed by atoms with Gasteiger partial charge in [-0.3, -0.25) is 4.79 Å². The third-order valence-corrected chi connectivity index (χ3v) is 4.21. The van der Waals surface area contributed by atoms with E-state index in [9.17, 15) is 18.0 Å². The lowest BCUT2D eigenvalue weighted by Gasteiger charge is -2.31. The number of nitrogens with zero attached hydrogens (tertiary/aromatic N) is 5. The summed E-state index contributed by atoms with van der Waals surface area (Å²) >= 11 is 0. The number of carbonyl (C=O) groups excluding carboxylic acids is 1. The lowest BCUT2D eigenvalue weighted by molar-refractivity contribution is -0.137. The van der Waals surface area contributed by atoms with Crippen molar-refractivity contribution in [2.75, 3.05) is 20.1 Å². The highest BCUT2D eigenvalue weighted by Crippen LogP contribution is 2.28. The van der Waals surface area contributed by atoms with E-state index in [1.54, 1.807) is 4.90 Å². The number of pyridine rings is 1. The van der Waals surface area contributed by atoms with Crippen LogP contribution in [-0.4, -0.2) is 57.0 Å².